The smallest absolute Gasteiger partial charge is 0.238 e. The summed E-state index contributed by atoms with van der Waals surface area (Å²) in [5.41, 5.74) is 13.7. The molecule has 0 atom stereocenters. The largest absolute Gasteiger partial charge is 0.299 e. The number of hydrogen-bond donors (Lipinski definition) is 4. The highest BCUT2D eigenvalue weighted by Crippen LogP contribution is 2.19. The maximum absolute atomic E-state index is 12.1. The zero-order valence-corrected chi connectivity index (χ0v) is 18.7. The van der Waals surface area contributed by atoms with E-state index in [2.05, 4.69) is 34.9 Å². The molecule has 0 fully saturated rings. The topological polar surface area (TPSA) is 82.3 Å². The first-order valence-corrected chi connectivity index (χ1v) is 11.0. The van der Waals surface area contributed by atoms with Crippen molar-refractivity contribution in [2.24, 2.45) is 0 Å². The van der Waals surface area contributed by atoms with E-state index >= 15 is 0 Å². The standard InChI is InChI=1S/C28H26N4O2/c1-19(23-13-11-21-7-3-5-9-25(21)17-23)29-31-27(33)15-16-28(34)32-30-20(2)24-14-12-22-8-4-6-10-26(22)18-24/h3-14,17-18,29-30H,1-2,15-16H2,(H,31,33)(H,32,34). The van der Waals surface area contributed by atoms with Gasteiger partial charge in [-0.1, -0.05) is 86.0 Å². The highest BCUT2D eigenvalue weighted by Gasteiger charge is 2.08. The Kier molecular flexibility index (Phi) is 6.89. The summed E-state index contributed by atoms with van der Waals surface area (Å²) in [5.74, 6) is -0.629. The number of fused-ring (bicyclic) bond motifs is 2. The first kappa shape index (κ1) is 22.6. The summed E-state index contributed by atoms with van der Waals surface area (Å²) in [5, 5.41) is 4.43. The summed E-state index contributed by atoms with van der Waals surface area (Å²) < 4.78 is 0. The lowest BCUT2D eigenvalue weighted by molar-refractivity contribution is -0.127. The van der Waals surface area contributed by atoms with Gasteiger partial charge in [-0.15, -0.1) is 0 Å². The van der Waals surface area contributed by atoms with Crippen molar-refractivity contribution in [1.29, 1.82) is 0 Å². The van der Waals surface area contributed by atoms with Gasteiger partial charge in [0.15, 0.2) is 0 Å². The van der Waals surface area contributed by atoms with Gasteiger partial charge in [0.05, 0.1) is 11.4 Å². The van der Waals surface area contributed by atoms with Crippen LogP contribution in [0.5, 0.6) is 0 Å². The van der Waals surface area contributed by atoms with Gasteiger partial charge in [0, 0.05) is 12.8 Å². The number of carbonyl (C=O) groups is 2. The Bertz CT molecular complexity index is 1290. The highest BCUT2D eigenvalue weighted by atomic mass is 16.2. The number of amides is 2. The molecule has 0 unspecified atom stereocenters. The van der Waals surface area contributed by atoms with E-state index in [0.29, 0.717) is 11.4 Å². The van der Waals surface area contributed by atoms with Crippen LogP contribution < -0.4 is 21.7 Å². The minimum absolute atomic E-state index is 0.0218. The molecule has 0 aliphatic heterocycles. The van der Waals surface area contributed by atoms with E-state index in [9.17, 15) is 9.59 Å². The minimum atomic E-state index is -0.314. The Morgan fingerprint density at radius 2 is 0.912 bits per heavy atom. The van der Waals surface area contributed by atoms with E-state index in [1.807, 2.05) is 84.9 Å². The first-order chi connectivity index (χ1) is 16.5. The molecule has 0 saturated heterocycles. The predicted molar refractivity (Wildman–Crippen MR) is 138 cm³/mol. The molecule has 0 spiro atoms. The van der Waals surface area contributed by atoms with Crippen molar-refractivity contribution in [3.8, 4) is 0 Å². The van der Waals surface area contributed by atoms with Crippen LogP contribution in [0.4, 0.5) is 0 Å². The summed E-state index contributed by atoms with van der Waals surface area (Å²) in [6, 6.07) is 27.9. The van der Waals surface area contributed by atoms with Crippen LogP contribution in [0.3, 0.4) is 0 Å². The fourth-order valence-electron chi connectivity index (χ4n) is 3.54. The number of hydrogen-bond acceptors (Lipinski definition) is 4. The average molecular weight is 451 g/mol. The molecule has 0 aliphatic rings. The Labute approximate surface area is 198 Å². The van der Waals surface area contributed by atoms with Gasteiger partial charge in [0.1, 0.15) is 0 Å². The maximum Gasteiger partial charge on any atom is 0.238 e. The van der Waals surface area contributed by atoms with Crippen LogP contribution in [0.2, 0.25) is 0 Å². The molecule has 4 aromatic carbocycles. The molecule has 6 heteroatoms. The Hall–Kier alpha value is -4.58. The maximum atomic E-state index is 12.1. The molecular weight excluding hydrogens is 424 g/mol. The summed E-state index contributed by atoms with van der Waals surface area (Å²) in [6.07, 6.45) is 0.0436. The fraction of sp³-hybridized carbons (Fsp3) is 0.0714. The summed E-state index contributed by atoms with van der Waals surface area (Å²) in [4.78, 5) is 24.3. The lowest BCUT2D eigenvalue weighted by atomic mass is 10.1. The van der Waals surface area contributed by atoms with Crippen LogP contribution in [0.25, 0.3) is 32.9 Å². The molecule has 4 rings (SSSR count). The van der Waals surface area contributed by atoms with Gasteiger partial charge in [0.25, 0.3) is 0 Å². The number of hydrazine groups is 2. The van der Waals surface area contributed by atoms with Crippen molar-refractivity contribution in [2.45, 2.75) is 12.8 Å². The van der Waals surface area contributed by atoms with Crippen LogP contribution in [-0.4, -0.2) is 11.8 Å². The van der Waals surface area contributed by atoms with Gasteiger partial charge >= 0.3 is 0 Å². The van der Waals surface area contributed by atoms with Gasteiger partial charge in [-0.3, -0.25) is 31.3 Å². The molecule has 4 N–H and O–H groups in total. The second kappa shape index (κ2) is 10.4. The molecule has 34 heavy (non-hydrogen) atoms. The Morgan fingerprint density at radius 1 is 0.529 bits per heavy atom. The summed E-state index contributed by atoms with van der Waals surface area (Å²) >= 11 is 0. The zero-order chi connectivity index (χ0) is 23.9. The van der Waals surface area contributed by atoms with Crippen molar-refractivity contribution in [2.75, 3.05) is 0 Å². The molecule has 2 amide bonds. The molecule has 0 saturated carbocycles. The zero-order valence-electron chi connectivity index (χ0n) is 18.7. The number of nitrogens with one attached hydrogen (secondary N) is 4. The molecule has 0 bridgehead atoms. The lowest BCUT2D eigenvalue weighted by Gasteiger charge is -2.13. The molecule has 0 aliphatic carbocycles. The predicted octanol–water partition coefficient (Wildman–Crippen LogP) is 4.66. The van der Waals surface area contributed by atoms with Gasteiger partial charge in [-0.05, 0) is 44.8 Å². The van der Waals surface area contributed by atoms with Crippen LogP contribution in [0, 0.1) is 0 Å². The minimum Gasteiger partial charge on any atom is -0.299 e. The molecule has 6 nitrogen and oxygen atoms in total. The van der Waals surface area contributed by atoms with E-state index in [0.717, 1.165) is 32.7 Å². The van der Waals surface area contributed by atoms with Gasteiger partial charge in [0.2, 0.25) is 11.8 Å². The first-order valence-electron chi connectivity index (χ1n) is 11.0. The van der Waals surface area contributed by atoms with Crippen molar-refractivity contribution in [3.63, 3.8) is 0 Å². The second-order valence-corrected chi connectivity index (χ2v) is 7.93. The highest BCUT2D eigenvalue weighted by molar-refractivity contribution is 5.88. The van der Waals surface area contributed by atoms with E-state index in [1.165, 1.54) is 0 Å². The van der Waals surface area contributed by atoms with E-state index < -0.39 is 0 Å². The van der Waals surface area contributed by atoms with Gasteiger partial charge in [-0.2, -0.15) is 0 Å². The van der Waals surface area contributed by atoms with E-state index in [4.69, 9.17) is 0 Å². The average Bonchev–Trinajstić information content (AvgIpc) is 2.88. The summed E-state index contributed by atoms with van der Waals surface area (Å²) in [7, 11) is 0. The molecular formula is C28H26N4O2. The number of carbonyl (C=O) groups excluding carboxylic acids is 2. The van der Waals surface area contributed by atoms with Crippen molar-refractivity contribution >= 4 is 44.8 Å². The van der Waals surface area contributed by atoms with Gasteiger partial charge in [-0.25, -0.2) is 0 Å². The monoisotopic (exact) mass is 450 g/mol. The normalized spacial score (nSPS) is 10.5. The van der Waals surface area contributed by atoms with Crippen LogP contribution >= 0.6 is 0 Å². The SMILES string of the molecule is C=C(NNC(=O)CCC(=O)NNC(=C)c1ccc2ccccc2c1)c1ccc2ccccc2c1. The molecule has 0 heterocycles. The van der Waals surface area contributed by atoms with E-state index in [1.54, 1.807) is 0 Å². The Balaban J connectivity index is 1.19. The third-order valence-corrected chi connectivity index (χ3v) is 5.48. The van der Waals surface area contributed by atoms with Crippen molar-refractivity contribution < 1.29 is 9.59 Å². The molecule has 170 valence electrons. The second-order valence-electron chi connectivity index (χ2n) is 7.93. The van der Waals surface area contributed by atoms with E-state index in [-0.39, 0.29) is 24.7 Å². The Morgan fingerprint density at radius 3 is 1.32 bits per heavy atom. The third-order valence-electron chi connectivity index (χ3n) is 5.48. The molecule has 4 aromatic rings. The molecule has 0 radical (unpaired) electrons. The fourth-order valence-corrected chi connectivity index (χ4v) is 3.54. The van der Waals surface area contributed by atoms with Crippen molar-refractivity contribution in [3.05, 3.63) is 109 Å². The van der Waals surface area contributed by atoms with Gasteiger partial charge < -0.3 is 0 Å². The van der Waals surface area contributed by atoms with Crippen molar-refractivity contribution in [1.82, 2.24) is 21.7 Å². The number of rotatable bonds is 9. The third kappa shape index (κ3) is 5.61. The lowest BCUT2D eigenvalue weighted by Crippen LogP contribution is -2.38. The quantitative estimate of drug-likeness (QED) is 0.280. The van der Waals surface area contributed by atoms with Crippen LogP contribution in [0.15, 0.2) is 98.1 Å². The van der Waals surface area contributed by atoms with Crippen LogP contribution in [0.1, 0.15) is 24.0 Å². The van der Waals surface area contributed by atoms with Crippen LogP contribution in [-0.2, 0) is 9.59 Å². The number of benzene rings is 4. The molecule has 0 aromatic heterocycles. The summed E-state index contributed by atoms with van der Waals surface area (Å²) in [6.45, 7) is 7.94.